The zero-order valence-corrected chi connectivity index (χ0v) is 20.3. The van der Waals surface area contributed by atoms with Crippen LogP contribution in [0.25, 0.3) is 0 Å². The number of rotatable bonds is 7. The van der Waals surface area contributed by atoms with E-state index in [1.54, 1.807) is 30.3 Å². The van der Waals surface area contributed by atoms with Crippen LogP contribution < -0.4 is 14.4 Å². The van der Waals surface area contributed by atoms with Gasteiger partial charge in [0.25, 0.3) is 5.91 Å². The first-order valence-electron chi connectivity index (χ1n) is 10.8. The van der Waals surface area contributed by atoms with E-state index < -0.39 is 23.7 Å². The Balaban J connectivity index is 1.70. The SMILES string of the molecule is COc1ccc(C(=O)CC2(O)C(=O)N(Cc3ccc(C)cc3C)c3ccc(Cl)cc32)cc1OC. The molecule has 0 aliphatic carbocycles. The lowest BCUT2D eigenvalue weighted by molar-refractivity contribution is -0.136. The number of amides is 1. The molecule has 0 saturated heterocycles. The third-order valence-electron chi connectivity index (χ3n) is 6.24. The molecule has 0 radical (unpaired) electrons. The van der Waals surface area contributed by atoms with Crippen molar-refractivity contribution in [2.24, 2.45) is 0 Å². The Morgan fingerprint density at radius 1 is 1.00 bits per heavy atom. The summed E-state index contributed by atoms with van der Waals surface area (Å²) in [6.07, 6.45) is -0.433. The van der Waals surface area contributed by atoms with Crippen molar-refractivity contribution in [3.8, 4) is 11.5 Å². The van der Waals surface area contributed by atoms with Gasteiger partial charge in [-0.15, -0.1) is 0 Å². The summed E-state index contributed by atoms with van der Waals surface area (Å²) in [5.74, 6) is -0.0980. The van der Waals surface area contributed by atoms with Crippen molar-refractivity contribution in [2.45, 2.75) is 32.4 Å². The van der Waals surface area contributed by atoms with E-state index in [9.17, 15) is 14.7 Å². The van der Waals surface area contributed by atoms with Gasteiger partial charge < -0.3 is 19.5 Å². The highest BCUT2D eigenvalue weighted by atomic mass is 35.5. The average Bonchev–Trinajstić information content (AvgIpc) is 3.01. The Kier molecular flexibility index (Phi) is 6.39. The first-order valence-corrected chi connectivity index (χ1v) is 11.2. The number of fused-ring (bicyclic) bond motifs is 1. The maximum Gasteiger partial charge on any atom is 0.264 e. The number of carbonyl (C=O) groups excluding carboxylic acids is 2. The second kappa shape index (κ2) is 9.12. The minimum Gasteiger partial charge on any atom is -0.493 e. The summed E-state index contributed by atoms with van der Waals surface area (Å²) in [7, 11) is 2.98. The molecule has 1 aliphatic heterocycles. The summed E-state index contributed by atoms with van der Waals surface area (Å²) in [5, 5.41) is 12.0. The number of aliphatic hydroxyl groups is 1. The van der Waals surface area contributed by atoms with E-state index in [1.165, 1.54) is 25.2 Å². The number of hydrogen-bond acceptors (Lipinski definition) is 5. The average molecular weight is 480 g/mol. The number of Topliss-reactive ketones (excluding diaryl/α,β-unsaturated/α-hetero) is 1. The highest BCUT2D eigenvalue weighted by Gasteiger charge is 2.51. The molecular weight excluding hydrogens is 454 g/mol. The van der Waals surface area contributed by atoms with Crippen molar-refractivity contribution in [3.05, 3.63) is 87.4 Å². The minimum atomic E-state index is -2.04. The van der Waals surface area contributed by atoms with Crippen molar-refractivity contribution in [1.82, 2.24) is 0 Å². The van der Waals surface area contributed by atoms with Crippen molar-refractivity contribution in [2.75, 3.05) is 19.1 Å². The van der Waals surface area contributed by atoms with Gasteiger partial charge in [0.1, 0.15) is 0 Å². The van der Waals surface area contributed by atoms with Crippen LogP contribution in [0.2, 0.25) is 5.02 Å². The summed E-state index contributed by atoms with van der Waals surface area (Å²) >= 11 is 6.22. The molecule has 1 amide bonds. The predicted molar refractivity (Wildman–Crippen MR) is 131 cm³/mol. The minimum absolute atomic E-state index is 0.270. The summed E-state index contributed by atoms with van der Waals surface area (Å²) in [6, 6.07) is 15.7. The molecule has 0 aromatic heterocycles. The van der Waals surface area contributed by atoms with Crippen LogP contribution in [-0.4, -0.2) is 31.0 Å². The first-order chi connectivity index (χ1) is 16.2. The van der Waals surface area contributed by atoms with Crippen molar-refractivity contribution < 1.29 is 24.2 Å². The maximum absolute atomic E-state index is 13.6. The van der Waals surface area contributed by atoms with E-state index in [-0.39, 0.29) is 6.54 Å². The van der Waals surface area contributed by atoms with Gasteiger partial charge >= 0.3 is 0 Å². The highest BCUT2D eigenvalue weighted by molar-refractivity contribution is 6.31. The van der Waals surface area contributed by atoms with Crippen LogP contribution in [0.4, 0.5) is 5.69 Å². The second-order valence-electron chi connectivity index (χ2n) is 8.51. The Hall–Kier alpha value is -3.35. The normalized spacial score (nSPS) is 17.0. The Bertz CT molecular complexity index is 1290. The van der Waals surface area contributed by atoms with Crippen LogP contribution in [0, 0.1) is 13.8 Å². The standard InChI is InChI=1S/C27H26ClNO5/c1-16-5-6-19(17(2)11-16)15-29-22-9-8-20(28)13-21(22)27(32,26(29)31)14-23(30)18-7-10-24(33-3)25(12-18)34-4/h5-13,32H,14-15H2,1-4H3. The van der Waals surface area contributed by atoms with E-state index in [0.717, 1.165) is 16.7 Å². The number of aryl methyl sites for hydroxylation is 2. The summed E-state index contributed by atoms with van der Waals surface area (Å²) in [5.41, 5.74) is 2.24. The first kappa shape index (κ1) is 23.8. The fourth-order valence-corrected chi connectivity index (χ4v) is 4.56. The Labute approximate surface area is 203 Å². The zero-order chi connectivity index (χ0) is 24.6. The Morgan fingerprint density at radius 2 is 1.74 bits per heavy atom. The van der Waals surface area contributed by atoms with Crippen molar-refractivity contribution in [1.29, 1.82) is 0 Å². The van der Waals surface area contributed by atoms with Crippen molar-refractivity contribution in [3.63, 3.8) is 0 Å². The van der Waals surface area contributed by atoms with E-state index in [1.807, 2.05) is 32.0 Å². The molecule has 3 aromatic rings. The molecule has 1 aliphatic rings. The van der Waals surface area contributed by atoms with E-state index in [2.05, 4.69) is 0 Å². The summed E-state index contributed by atoms with van der Waals surface area (Å²) in [6.45, 7) is 4.26. The van der Waals surface area contributed by atoms with Gasteiger partial charge in [-0.3, -0.25) is 9.59 Å². The molecular formula is C27H26ClNO5. The topological polar surface area (TPSA) is 76.1 Å². The van der Waals surface area contributed by atoms with E-state index >= 15 is 0 Å². The number of ketones is 1. The van der Waals surface area contributed by atoms with Gasteiger partial charge in [-0.05, 0) is 61.4 Å². The quantitative estimate of drug-likeness (QED) is 0.483. The highest BCUT2D eigenvalue weighted by Crippen LogP contribution is 2.45. The summed E-state index contributed by atoms with van der Waals surface area (Å²) in [4.78, 5) is 28.3. The Morgan fingerprint density at radius 3 is 2.41 bits per heavy atom. The lowest BCUT2D eigenvalue weighted by Gasteiger charge is -2.23. The third kappa shape index (κ3) is 4.15. The molecule has 1 heterocycles. The fourth-order valence-electron chi connectivity index (χ4n) is 4.39. The third-order valence-corrected chi connectivity index (χ3v) is 6.48. The lowest BCUT2D eigenvalue weighted by Crippen LogP contribution is -2.41. The number of anilines is 1. The molecule has 0 spiro atoms. The second-order valence-corrected chi connectivity index (χ2v) is 8.95. The van der Waals surface area contributed by atoms with Crippen LogP contribution in [0.3, 0.4) is 0 Å². The molecule has 0 saturated carbocycles. The fraction of sp³-hybridized carbons (Fsp3) is 0.259. The molecule has 3 aromatic carbocycles. The number of carbonyl (C=O) groups is 2. The maximum atomic E-state index is 13.6. The van der Waals surface area contributed by atoms with Crippen LogP contribution in [-0.2, 0) is 16.9 Å². The molecule has 0 fully saturated rings. The van der Waals surface area contributed by atoms with Crippen LogP contribution in [0.15, 0.2) is 54.6 Å². The number of methoxy groups -OCH3 is 2. The van der Waals surface area contributed by atoms with E-state index in [4.69, 9.17) is 21.1 Å². The van der Waals surface area contributed by atoms with Gasteiger partial charge in [0, 0.05) is 16.1 Å². The number of hydrogen-bond donors (Lipinski definition) is 1. The van der Waals surface area contributed by atoms with Gasteiger partial charge in [-0.1, -0.05) is 35.4 Å². The molecule has 1 atom stereocenters. The largest absolute Gasteiger partial charge is 0.493 e. The zero-order valence-electron chi connectivity index (χ0n) is 19.5. The predicted octanol–water partition coefficient (Wildman–Crippen LogP) is 4.98. The van der Waals surface area contributed by atoms with Crippen LogP contribution in [0.1, 0.15) is 39.0 Å². The molecule has 1 N–H and O–H groups in total. The number of halogens is 1. The van der Waals surface area contributed by atoms with Gasteiger partial charge in [0.2, 0.25) is 0 Å². The molecule has 7 heteroatoms. The van der Waals surface area contributed by atoms with E-state index in [0.29, 0.717) is 33.3 Å². The molecule has 0 bridgehead atoms. The van der Waals surface area contributed by atoms with Gasteiger partial charge in [0.15, 0.2) is 22.9 Å². The molecule has 6 nitrogen and oxygen atoms in total. The summed E-state index contributed by atoms with van der Waals surface area (Å²) < 4.78 is 10.5. The molecule has 4 rings (SSSR count). The monoisotopic (exact) mass is 479 g/mol. The lowest BCUT2D eigenvalue weighted by atomic mass is 9.88. The molecule has 1 unspecified atom stereocenters. The smallest absolute Gasteiger partial charge is 0.264 e. The number of benzene rings is 3. The van der Waals surface area contributed by atoms with Gasteiger partial charge in [-0.25, -0.2) is 0 Å². The van der Waals surface area contributed by atoms with Crippen molar-refractivity contribution >= 4 is 29.0 Å². The number of nitrogens with zero attached hydrogens (tertiary/aromatic N) is 1. The molecule has 34 heavy (non-hydrogen) atoms. The number of ether oxygens (including phenoxy) is 2. The molecule has 176 valence electrons. The van der Waals surface area contributed by atoms with Crippen LogP contribution >= 0.6 is 11.6 Å². The van der Waals surface area contributed by atoms with Gasteiger partial charge in [-0.2, -0.15) is 0 Å². The van der Waals surface area contributed by atoms with Crippen LogP contribution in [0.5, 0.6) is 11.5 Å². The van der Waals surface area contributed by atoms with Gasteiger partial charge in [0.05, 0.1) is 32.9 Å².